The maximum absolute atomic E-state index is 10.4. The molecule has 0 bridgehead atoms. The summed E-state index contributed by atoms with van der Waals surface area (Å²) in [6, 6.07) is 3.61. The van der Waals surface area contributed by atoms with Gasteiger partial charge in [0, 0.05) is 18.1 Å². The molecule has 0 aliphatic heterocycles. The van der Waals surface area contributed by atoms with Crippen molar-refractivity contribution in [2.75, 3.05) is 21.3 Å². The molecule has 0 N–H and O–H groups in total. The highest BCUT2D eigenvalue weighted by molar-refractivity contribution is 5.55. The minimum Gasteiger partial charge on any atom is -0.497 e. The predicted molar refractivity (Wildman–Crippen MR) is 60.5 cm³/mol. The number of ether oxygens (including phenoxy) is 3. The molecule has 4 nitrogen and oxygen atoms in total. The molecule has 0 heterocycles. The first kappa shape index (κ1) is 12.4. The minimum absolute atomic E-state index is 0.451. The summed E-state index contributed by atoms with van der Waals surface area (Å²) in [4.78, 5) is 10.4. The van der Waals surface area contributed by atoms with Gasteiger partial charge in [-0.05, 0) is 12.5 Å². The molecule has 0 fully saturated rings. The molecule has 0 aliphatic carbocycles. The van der Waals surface area contributed by atoms with Gasteiger partial charge in [0.25, 0.3) is 0 Å². The Bertz CT molecular complexity index is 360. The third-order valence-electron chi connectivity index (χ3n) is 2.30. The second-order valence-electron chi connectivity index (χ2n) is 3.23. The lowest BCUT2D eigenvalue weighted by Crippen LogP contribution is -1.98. The van der Waals surface area contributed by atoms with E-state index >= 15 is 0 Å². The zero-order valence-corrected chi connectivity index (χ0v) is 9.78. The summed E-state index contributed by atoms with van der Waals surface area (Å²) in [5.41, 5.74) is 0.908. The van der Waals surface area contributed by atoms with Gasteiger partial charge >= 0.3 is 0 Å². The molecule has 0 aliphatic rings. The highest BCUT2D eigenvalue weighted by atomic mass is 16.5. The topological polar surface area (TPSA) is 44.8 Å². The molecule has 88 valence electrons. The second kappa shape index (κ2) is 6.00. The maximum Gasteiger partial charge on any atom is 0.164 e. The average Bonchev–Trinajstić information content (AvgIpc) is 2.34. The van der Waals surface area contributed by atoms with Gasteiger partial charge in [-0.3, -0.25) is 0 Å². The zero-order chi connectivity index (χ0) is 12.0. The van der Waals surface area contributed by atoms with Gasteiger partial charge in [0.2, 0.25) is 0 Å². The van der Waals surface area contributed by atoms with Crippen molar-refractivity contribution >= 4 is 6.29 Å². The van der Waals surface area contributed by atoms with E-state index in [1.165, 1.54) is 0 Å². The fourth-order valence-corrected chi connectivity index (χ4v) is 1.53. The first-order chi connectivity index (χ1) is 7.76. The van der Waals surface area contributed by atoms with Crippen LogP contribution in [0.5, 0.6) is 17.2 Å². The van der Waals surface area contributed by atoms with Crippen LogP contribution >= 0.6 is 0 Å². The Morgan fingerprint density at radius 1 is 1.12 bits per heavy atom. The molecule has 0 saturated heterocycles. The molecule has 0 spiro atoms. The van der Waals surface area contributed by atoms with E-state index in [1.807, 2.05) is 6.07 Å². The van der Waals surface area contributed by atoms with Crippen molar-refractivity contribution in [2.45, 2.75) is 12.8 Å². The molecule has 0 radical (unpaired) electrons. The van der Waals surface area contributed by atoms with Crippen molar-refractivity contribution in [2.24, 2.45) is 0 Å². The lowest BCUT2D eigenvalue weighted by molar-refractivity contribution is -0.107. The van der Waals surface area contributed by atoms with E-state index in [0.29, 0.717) is 30.1 Å². The molecule has 1 aromatic rings. The number of aryl methyl sites for hydroxylation is 1. The van der Waals surface area contributed by atoms with Crippen molar-refractivity contribution in [1.82, 2.24) is 0 Å². The highest BCUT2D eigenvalue weighted by Gasteiger charge is 2.12. The lowest BCUT2D eigenvalue weighted by atomic mass is 10.1. The van der Waals surface area contributed by atoms with E-state index < -0.39 is 0 Å². The first-order valence-electron chi connectivity index (χ1n) is 4.99. The summed E-state index contributed by atoms with van der Waals surface area (Å²) in [6.45, 7) is 0. The summed E-state index contributed by atoms with van der Waals surface area (Å²) in [6.07, 6.45) is 1.94. The quantitative estimate of drug-likeness (QED) is 0.692. The van der Waals surface area contributed by atoms with Crippen LogP contribution in [0.4, 0.5) is 0 Å². The molecular weight excluding hydrogens is 208 g/mol. The van der Waals surface area contributed by atoms with E-state index in [2.05, 4.69) is 0 Å². The molecule has 4 heteroatoms. The zero-order valence-electron chi connectivity index (χ0n) is 9.78. The van der Waals surface area contributed by atoms with E-state index in [4.69, 9.17) is 14.2 Å². The molecule has 0 saturated carbocycles. The molecule has 16 heavy (non-hydrogen) atoms. The monoisotopic (exact) mass is 224 g/mol. The normalized spacial score (nSPS) is 9.69. The average molecular weight is 224 g/mol. The number of aldehydes is 1. The van der Waals surface area contributed by atoms with E-state index in [-0.39, 0.29) is 0 Å². The van der Waals surface area contributed by atoms with Crippen LogP contribution in [0.1, 0.15) is 12.0 Å². The largest absolute Gasteiger partial charge is 0.497 e. The standard InChI is InChI=1S/C12H16O4/c1-14-10-7-9(5-4-6-13)12(16-3)11(8-10)15-2/h6-8H,4-5H2,1-3H3. The van der Waals surface area contributed by atoms with Gasteiger partial charge in [-0.2, -0.15) is 0 Å². The number of methoxy groups -OCH3 is 3. The molecule has 0 aromatic heterocycles. The summed E-state index contributed by atoms with van der Waals surface area (Å²) >= 11 is 0. The van der Waals surface area contributed by atoms with Crippen LogP contribution in [0, 0.1) is 0 Å². The lowest BCUT2D eigenvalue weighted by Gasteiger charge is -2.13. The molecule has 1 rings (SSSR count). The van der Waals surface area contributed by atoms with Gasteiger partial charge < -0.3 is 19.0 Å². The fraction of sp³-hybridized carbons (Fsp3) is 0.417. The smallest absolute Gasteiger partial charge is 0.164 e. The fourth-order valence-electron chi connectivity index (χ4n) is 1.53. The molecule has 0 atom stereocenters. The van der Waals surface area contributed by atoms with Gasteiger partial charge in [0.1, 0.15) is 12.0 Å². The minimum atomic E-state index is 0.451. The van der Waals surface area contributed by atoms with Crippen LogP contribution in [0.2, 0.25) is 0 Å². The number of carbonyl (C=O) groups is 1. The first-order valence-corrected chi connectivity index (χ1v) is 4.99. The molecule has 0 unspecified atom stereocenters. The van der Waals surface area contributed by atoms with Crippen molar-refractivity contribution in [3.63, 3.8) is 0 Å². The van der Waals surface area contributed by atoms with E-state index in [0.717, 1.165) is 11.8 Å². The maximum atomic E-state index is 10.4. The predicted octanol–water partition coefficient (Wildman–Crippen LogP) is 1.84. The van der Waals surface area contributed by atoms with Gasteiger partial charge in [0.05, 0.1) is 21.3 Å². The van der Waals surface area contributed by atoms with Gasteiger partial charge in [-0.1, -0.05) is 0 Å². The molecular formula is C12H16O4. The Morgan fingerprint density at radius 3 is 2.38 bits per heavy atom. The second-order valence-corrected chi connectivity index (χ2v) is 3.23. The van der Waals surface area contributed by atoms with Crippen LogP contribution in [0.3, 0.4) is 0 Å². The van der Waals surface area contributed by atoms with Gasteiger partial charge in [-0.25, -0.2) is 0 Å². The summed E-state index contributed by atoms with van der Waals surface area (Å²) in [7, 11) is 4.74. The Morgan fingerprint density at radius 2 is 1.88 bits per heavy atom. The number of rotatable bonds is 6. The van der Waals surface area contributed by atoms with Crippen LogP contribution < -0.4 is 14.2 Å². The highest BCUT2D eigenvalue weighted by Crippen LogP contribution is 2.35. The summed E-state index contributed by atoms with van der Waals surface area (Å²) in [5.74, 6) is 1.96. The van der Waals surface area contributed by atoms with Crippen LogP contribution in [-0.2, 0) is 11.2 Å². The Labute approximate surface area is 95.1 Å². The SMILES string of the molecule is COc1cc(CCC=O)c(OC)c(OC)c1. The van der Waals surface area contributed by atoms with Crippen molar-refractivity contribution in [1.29, 1.82) is 0 Å². The van der Waals surface area contributed by atoms with Crippen LogP contribution in [0.25, 0.3) is 0 Å². The molecule has 0 amide bonds. The Kier molecular flexibility index (Phi) is 4.64. The van der Waals surface area contributed by atoms with E-state index in [9.17, 15) is 4.79 Å². The Hall–Kier alpha value is -1.71. The van der Waals surface area contributed by atoms with Gasteiger partial charge in [-0.15, -0.1) is 0 Å². The number of carbonyl (C=O) groups excluding carboxylic acids is 1. The molecule has 1 aromatic carbocycles. The Balaban J connectivity index is 3.14. The number of hydrogen-bond acceptors (Lipinski definition) is 4. The summed E-state index contributed by atoms with van der Waals surface area (Å²) in [5, 5.41) is 0. The number of benzene rings is 1. The van der Waals surface area contributed by atoms with Crippen LogP contribution in [-0.4, -0.2) is 27.6 Å². The van der Waals surface area contributed by atoms with Crippen molar-refractivity contribution in [3.05, 3.63) is 17.7 Å². The summed E-state index contributed by atoms with van der Waals surface area (Å²) < 4.78 is 15.6. The van der Waals surface area contributed by atoms with Gasteiger partial charge in [0.15, 0.2) is 11.5 Å². The van der Waals surface area contributed by atoms with Crippen molar-refractivity contribution in [3.8, 4) is 17.2 Å². The third kappa shape index (κ3) is 2.66. The number of hydrogen-bond donors (Lipinski definition) is 0. The third-order valence-corrected chi connectivity index (χ3v) is 2.30. The van der Waals surface area contributed by atoms with Crippen LogP contribution in [0.15, 0.2) is 12.1 Å². The van der Waals surface area contributed by atoms with E-state index in [1.54, 1.807) is 27.4 Å². The van der Waals surface area contributed by atoms with Crippen molar-refractivity contribution < 1.29 is 19.0 Å².